The normalized spacial score (nSPS) is 15.6. The van der Waals surface area contributed by atoms with Crippen LogP contribution in [0.15, 0.2) is 56.3 Å². The van der Waals surface area contributed by atoms with E-state index in [9.17, 15) is 14.4 Å². The van der Waals surface area contributed by atoms with Gasteiger partial charge in [-0.15, -0.1) is 0 Å². The Labute approximate surface area is 194 Å². The Kier molecular flexibility index (Phi) is 5.56. The van der Waals surface area contributed by atoms with Gasteiger partial charge in [0.25, 0.3) is 5.91 Å². The van der Waals surface area contributed by atoms with Crippen molar-refractivity contribution in [2.75, 3.05) is 23.8 Å². The number of carbonyl (C=O) groups excluding carboxylic acids is 2. The van der Waals surface area contributed by atoms with Gasteiger partial charge in [-0.05, 0) is 36.8 Å². The molecule has 1 saturated heterocycles. The van der Waals surface area contributed by atoms with E-state index in [1.807, 2.05) is 12.1 Å². The second-order valence-electron chi connectivity index (χ2n) is 7.59. The lowest BCUT2D eigenvalue weighted by Crippen LogP contribution is -2.22. The van der Waals surface area contributed by atoms with Gasteiger partial charge in [-0.3, -0.25) is 19.1 Å². The molecule has 1 aliphatic rings. The number of H-pyrrole nitrogens is 2. The third-order valence-corrected chi connectivity index (χ3v) is 5.88. The van der Waals surface area contributed by atoms with Crippen LogP contribution in [0.1, 0.15) is 16.9 Å². The molecule has 1 atom stereocenters. The summed E-state index contributed by atoms with van der Waals surface area (Å²) in [5.41, 5.74) is 2.45. The zero-order valence-corrected chi connectivity index (χ0v) is 18.7. The molecule has 2 aromatic carbocycles. The first-order valence-corrected chi connectivity index (χ1v) is 10.9. The summed E-state index contributed by atoms with van der Waals surface area (Å²) in [5.74, 6) is -1.20. The Balaban J connectivity index is 1.42. The van der Waals surface area contributed by atoms with Crippen LogP contribution < -0.4 is 16.4 Å². The minimum atomic E-state index is -0.698. The number of hydrogen-bond donors (Lipinski definition) is 4. The molecule has 2 amide bonds. The number of ether oxygens (including phenoxy) is 1. The summed E-state index contributed by atoms with van der Waals surface area (Å²) in [5, 5.41) is 10.2. The highest BCUT2D eigenvalue weighted by atomic mass is 79.9. The average Bonchev–Trinajstić information content (AvgIpc) is 3.55. The maximum atomic E-state index is 13.0. The number of aromatic amines is 2. The third kappa shape index (κ3) is 4.32. The second-order valence-corrected chi connectivity index (χ2v) is 8.51. The van der Waals surface area contributed by atoms with Crippen LogP contribution in [0.2, 0.25) is 0 Å². The number of nitrogens with zero attached hydrogens (tertiary/aromatic N) is 1. The Morgan fingerprint density at radius 1 is 1.09 bits per heavy atom. The van der Waals surface area contributed by atoms with Gasteiger partial charge in [-0.25, -0.2) is 4.79 Å². The summed E-state index contributed by atoms with van der Waals surface area (Å²) in [4.78, 5) is 42.5. The number of anilines is 2. The second kappa shape index (κ2) is 8.68. The summed E-state index contributed by atoms with van der Waals surface area (Å²) in [7, 11) is 0. The van der Waals surface area contributed by atoms with E-state index >= 15 is 0 Å². The van der Waals surface area contributed by atoms with Gasteiger partial charge in [0.2, 0.25) is 5.91 Å². The van der Waals surface area contributed by atoms with Crippen molar-refractivity contribution in [3.05, 3.63) is 63.2 Å². The third-order valence-electron chi connectivity index (χ3n) is 5.38. The topological polar surface area (TPSA) is 142 Å². The average molecular weight is 512 g/mol. The molecule has 0 saturated carbocycles. The Morgan fingerprint density at radius 2 is 1.97 bits per heavy atom. The number of benzene rings is 2. The van der Waals surface area contributed by atoms with Crippen LogP contribution in [0.3, 0.4) is 0 Å². The SMILES string of the molecule is O=C(Nc1ccc(Br)cc1-c1noc(=O)[nH]1)c1cc2cccc(NC(=O)C3CCOC3)c2[nH]1. The Hall–Kier alpha value is -3.70. The lowest BCUT2D eigenvalue weighted by atomic mass is 10.1. The molecular formula is C22H18BrN5O5. The number of aromatic nitrogens is 3. The number of rotatable bonds is 5. The van der Waals surface area contributed by atoms with Crippen LogP contribution in [-0.4, -0.2) is 40.2 Å². The summed E-state index contributed by atoms with van der Waals surface area (Å²) >= 11 is 3.38. The van der Waals surface area contributed by atoms with Crippen LogP contribution in [0.4, 0.5) is 11.4 Å². The summed E-state index contributed by atoms with van der Waals surface area (Å²) < 4.78 is 10.6. The molecule has 5 rings (SSSR count). The first kappa shape index (κ1) is 21.2. The number of halogens is 1. The smallest absolute Gasteiger partial charge is 0.381 e. The van der Waals surface area contributed by atoms with Crippen LogP contribution >= 0.6 is 15.9 Å². The van der Waals surface area contributed by atoms with E-state index in [-0.39, 0.29) is 17.6 Å². The molecule has 1 fully saturated rings. The van der Waals surface area contributed by atoms with Gasteiger partial charge in [-0.2, -0.15) is 0 Å². The zero-order valence-electron chi connectivity index (χ0n) is 17.1. The van der Waals surface area contributed by atoms with Crippen molar-refractivity contribution < 1.29 is 18.8 Å². The Bertz CT molecular complexity index is 1420. The van der Waals surface area contributed by atoms with Crippen molar-refractivity contribution in [2.24, 2.45) is 5.92 Å². The Morgan fingerprint density at radius 3 is 2.73 bits per heavy atom. The predicted octanol–water partition coefficient (Wildman–Crippen LogP) is 3.50. The van der Waals surface area contributed by atoms with E-state index in [1.54, 1.807) is 30.3 Å². The molecule has 0 bridgehead atoms. The highest BCUT2D eigenvalue weighted by Gasteiger charge is 2.24. The number of carbonyl (C=O) groups is 2. The van der Waals surface area contributed by atoms with Crippen LogP contribution in [0.25, 0.3) is 22.3 Å². The van der Waals surface area contributed by atoms with Gasteiger partial charge in [0, 0.05) is 22.0 Å². The maximum absolute atomic E-state index is 13.0. The molecule has 0 spiro atoms. The molecule has 4 N–H and O–H groups in total. The van der Waals surface area contributed by atoms with Gasteiger partial charge >= 0.3 is 5.76 Å². The van der Waals surface area contributed by atoms with Crippen molar-refractivity contribution in [2.45, 2.75) is 6.42 Å². The molecule has 1 aliphatic heterocycles. The van der Waals surface area contributed by atoms with Gasteiger partial charge in [0.05, 0.1) is 29.4 Å². The van der Waals surface area contributed by atoms with E-state index in [4.69, 9.17) is 4.74 Å². The number of nitrogens with one attached hydrogen (secondary N) is 4. The minimum absolute atomic E-state index is 0.110. The molecule has 168 valence electrons. The van der Waals surface area contributed by atoms with Crippen molar-refractivity contribution in [1.82, 2.24) is 15.1 Å². The number of hydrogen-bond acceptors (Lipinski definition) is 6. The summed E-state index contributed by atoms with van der Waals surface area (Å²) in [6.45, 7) is 0.988. The number of fused-ring (bicyclic) bond motifs is 1. The summed E-state index contributed by atoms with van der Waals surface area (Å²) in [6.07, 6.45) is 0.687. The fourth-order valence-electron chi connectivity index (χ4n) is 3.72. The van der Waals surface area contributed by atoms with E-state index in [0.717, 1.165) is 9.86 Å². The molecule has 4 aromatic rings. The largest absolute Gasteiger partial charge is 0.439 e. The molecular weight excluding hydrogens is 494 g/mol. The van der Waals surface area contributed by atoms with Crippen LogP contribution in [0.5, 0.6) is 0 Å². The van der Waals surface area contributed by atoms with Gasteiger partial charge in [0.1, 0.15) is 5.69 Å². The van der Waals surface area contributed by atoms with Gasteiger partial charge < -0.3 is 20.4 Å². The number of amides is 2. The maximum Gasteiger partial charge on any atom is 0.439 e. The highest BCUT2D eigenvalue weighted by Crippen LogP contribution is 2.30. The molecule has 2 aromatic heterocycles. The van der Waals surface area contributed by atoms with E-state index in [0.29, 0.717) is 47.8 Å². The van der Waals surface area contributed by atoms with Crippen molar-refractivity contribution in [3.8, 4) is 11.4 Å². The van der Waals surface area contributed by atoms with E-state index < -0.39 is 11.7 Å². The predicted molar refractivity (Wildman–Crippen MR) is 124 cm³/mol. The molecule has 0 radical (unpaired) electrons. The van der Waals surface area contributed by atoms with E-state index in [2.05, 4.69) is 46.2 Å². The van der Waals surface area contributed by atoms with Crippen LogP contribution in [0, 0.1) is 5.92 Å². The lowest BCUT2D eigenvalue weighted by Gasteiger charge is -2.10. The van der Waals surface area contributed by atoms with Crippen molar-refractivity contribution in [1.29, 1.82) is 0 Å². The molecule has 0 aliphatic carbocycles. The molecule has 3 heterocycles. The molecule has 1 unspecified atom stereocenters. The van der Waals surface area contributed by atoms with Gasteiger partial charge in [0.15, 0.2) is 5.82 Å². The fraction of sp³-hybridized carbons (Fsp3) is 0.182. The zero-order chi connectivity index (χ0) is 22.9. The molecule has 10 nitrogen and oxygen atoms in total. The first-order valence-electron chi connectivity index (χ1n) is 10.2. The minimum Gasteiger partial charge on any atom is -0.381 e. The quantitative estimate of drug-likeness (QED) is 0.323. The van der Waals surface area contributed by atoms with Crippen molar-refractivity contribution in [3.63, 3.8) is 0 Å². The molecule has 33 heavy (non-hydrogen) atoms. The summed E-state index contributed by atoms with van der Waals surface area (Å²) in [6, 6.07) is 12.3. The molecule has 11 heteroatoms. The standard InChI is InChI=1S/C22H18BrN5O5/c23-13-4-5-15(14(9-13)19-27-22(31)33-28-19)25-21(30)17-8-11-2-1-3-16(18(11)24-17)26-20(29)12-6-7-32-10-12/h1-5,8-9,12,24H,6-7,10H2,(H,25,30)(H,26,29)(H,27,28,31). The number of para-hydroxylation sites is 1. The van der Waals surface area contributed by atoms with Crippen LogP contribution in [-0.2, 0) is 9.53 Å². The monoisotopic (exact) mass is 511 g/mol. The van der Waals surface area contributed by atoms with E-state index in [1.165, 1.54) is 0 Å². The highest BCUT2D eigenvalue weighted by molar-refractivity contribution is 9.10. The first-order chi connectivity index (χ1) is 16.0. The van der Waals surface area contributed by atoms with Gasteiger partial charge in [-0.1, -0.05) is 33.2 Å². The lowest BCUT2D eigenvalue weighted by molar-refractivity contribution is -0.119. The van der Waals surface area contributed by atoms with Crippen molar-refractivity contribution >= 4 is 50.0 Å². The fourth-order valence-corrected chi connectivity index (χ4v) is 4.08.